The predicted octanol–water partition coefficient (Wildman–Crippen LogP) is 3.11. The zero-order valence-electron chi connectivity index (χ0n) is 14.0. The van der Waals surface area contributed by atoms with Gasteiger partial charge in [0.15, 0.2) is 0 Å². The number of hydrogen-bond acceptors (Lipinski definition) is 4. The molecule has 140 valence electrons. The number of carboxylic acid groups (broad SMARTS) is 1. The van der Waals surface area contributed by atoms with Crippen molar-refractivity contribution in [3.05, 3.63) is 0 Å². The second-order valence-electron chi connectivity index (χ2n) is 5.81. The summed E-state index contributed by atoms with van der Waals surface area (Å²) < 4.78 is 23.4. The molecule has 0 unspecified atom stereocenters. The Balaban J connectivity index is -0.00000242. The Labute approximate surface area is 142 Å². The molecule has 0 saturated carbocycles. The molecule has 0 spiro atoms. The third kappa shape index (κ3) is 18.6. The topological polar surface area (TPSA) is 113 Å². The van der Waals surface area contributed by atoms with Crippen molar-refractivity contribution < 1.29 is 26.0 Å². The van der Waals surface area contributed by atoms with Crippen LogP contribution in [0.5, 0.6) is 0 Å². The summed E-state index contributed by atoms with van der Waals surface area (Å²) in [6.07, 6.45) is 11.7. The molecule has 0 rings (SSSR count). The van der Waals surface area contributed by atoms with Gasteiger partial charge in [-0.3, -0.25) is 4.79 Å². The number of carboxylic acids is 1. The van der Waals surface area contributed by atoms with Crippen molar-refractivity contribution in [2.75, 3.05) is 12.8 Å². The molecule has 0 aliphatic rings. The van der Waals surface area contributed by atoms with Crippen LogP contribution in [0.2, 0.25) is 0 Å². The van der Waals surface area contributed by atoms with Crippen LogP contribution in [0.15, 0.2) is 0 Å². The molecule has 0 atom stereocenters. The molecule has 0 aliphatic heterocycles. The zero-order chi connectivity index (χ0) is 17.6. The lowest BCUT2D eigenvalue weighted by atomic mass is 10.1. The summed E-state index contributed by atoms with van der Waals surface area (Å²) >= 11 is 0. The average Bonchev–Trinajstić information content (AvgIpc) is 2.41. The van der Waals surface area contributed by atoms with Gasteiger partial charge in [0.25, 0.3) is 0 Å². The zero-order valence-corrected chi connectivity index (χ0v) is 14.8. The SMILES string of the molecule is CS(=O)(=O)NC(=O)NCCCCCCCCCCCCC(=O)O.[HH].[HH]. The average molecular weight is 355 g/mol. The summed E-state index contributed by atoms with van der Waals surface area (Å²) in [5.41, 5.74) is 0. The van der Waals surface area contributed by atoms with Crippen molar-refractivity contribution in [2.24, 2.45) is 0 Å². The first-order valence-corrected chi connectivity index (χ1v) is 10.2. The molecule has 2 amide bonds. The van der Waals surface area contributed by atoms with Crippen molar-refractivity contribution in [1.29, 1.82) is 0 Å². The molecular weight excluding hydrogens is 320 g/mol. The Morgan fingerprint density at radius 2 is 1.30 bits per heavy atom. The maximum absolute atomic E-state index is 11.1. The monoisotopic (exact) mass is 354 g/mol. The van der Waals surface area contributed by atoms with Crippen LogP contribution in [0, 0.1) is 0 Å². The molecule has 0 aromatic rings. The Morgan fingerprint density at radius 3 is 1.74 bits per heavy atom. The first-order valence-electron chi connectivity index (χ1n) is 8.28. The van der Waals surface area contributed by atoms with E-state index in [-0.39, 0.29) is 9.27 Å². The highest BCUT2D eigenvalue weighted by atomic mass is 32.2. The van der Waals surface area contributed by atoms with E-state index in [4.69, 9.17) is 5.11 Å². The minimum absolute atomic E-state index is 0. The van der Waals surface area contributed by atoms with Crippen LogP contribution < -0.4 is 10.0 Å². The summed E-state index contributed by atoms with van der Waals surface area (Å²) in [4.78, 5) is 21.5. The van der Waals surface area contributed by atoms with Crippen molar-refractivity contribution in [3.63, 3.8) is 0 Å². The molecule has 7 nitrogen and oxygen atoms in total. The van der Waals surface area contributed by atoms with Crippen LogP contribution >= 0.6 is 0 Å². The largest absolute Gasteiger partial charge is 0.481 e. The summed E-state index contributed by atoms with van der Waals surface area (Å²) in [6, 6.07) is -0.671. The quantitative estimate of drug-likeness (QED) is 0.415. The van der Waals surface area contributed by atoms with Crippen molar-refractivity contribution >= 4 is 22.0 Å². The Kier molecular flexibility index (Phi) is 12.4. The first kappa shape index (κ1) is 21.7. The summed E-state index contributed by atoms with van der Waals surface area (Å²) in [5, 5.41) is 11.0. The van der Waals surface area contributed by atoms with E-state index in [0.29, 0.717) is 6.54 Å². The summed E-state index contributed by atoms with van der Waals surface area (Å²) in [6.45, 7) is 0.477. The molecule has 8 heteroatoms. The fourth-order valence-electron chi connectivity index (χ4n) is 2.22. The highest BCUT2D eigenvalue weighted by Gasteiger charge is 2.06. The van der Waals surface area contributed by atoms with Gasteiger partial charge in [0, 0.05) is 15.8 Å². The lowest BCUT2D eigenvalue weighted by molar-refractivity contribution is -0.137. The molecule has 3 N–H and O–H groups in total. The third-order valence-electron chi connectivity index (χ3n) is 3.38. The number of rotatable bonds is 14. The van der Waals surface area contributed by atoms with E-state index >= 15 is 0 Å². The fourth-order valence-corrected chi connectivity index (χ4v) is 2.63. The van der Waals surface area contributed by atoms with Crippen LogP contribution in [-0.2, 0) is 14.8 Å². The van der Waals surface area contributed by atoms with Gasteiger partial charge in [-0.25, -0.2) is 17.9 Å². The minimum atomic E-state index is -3.48. The van der Waals surface area contributed by atoms with Crippen molar-refractivity contribution in [1.82, 2.24) is 10.0 Å². The van der Waals surface area contributed by atoms with Crippen LogP contribution in [0.25, 0.3) is 0 Å². The Hall–Kier alpha value is -1.31. The first-order chi connectivity index (χ1) is 10.8. The maximum atomic E-state index is 11.1. The van der Waals surface area contributed by atoms with Gasteiger partial charge in [-0.15, -0.1) is 0 Å². The van der Waals surface area contributed by atoms with Gasteiger partial charge >= 0.3 is 12.0 Å². The van der Waals surface area contributed by atoms with Crippen molar-refractivity contribution in [2.45, 2.75) is 70.6 Å². The molecule has 0 aliphatic carbocycles. The van der Waals surface area contributed by atoms with Gasteiger partial charge in [0.05, 0.1) is 6.26 Å². The second-order valence-corrected chi connectivity index (χ2v) is 7.56. The van der Waals surface area contributed by atoms with Gasteiger partial charge < -0.3 is 10.4 Å². The van der Waals surface area contributed by atoms with Crippen LogP contribution in [0.1, 0.15) is 73.5 Å². The lowest BCUT2D eigenvalue weighted by Gasteiger charge is -2.06. The summed E-state index contributed by atoms with van der Waals surface area (Å²) in [5.74, 6) is -0.715. The van der Waals surface area contributed by atoms with E-state index < -0.39 is 22.0 Å². The molecule has 0 heterocycles. The van der Waals surface area contributed by atoms with Gasteiger partial charge in [-0.05, 0) is 12.8 Å². The van der Waals surface area contributed by atoms with Gasteiger partial charge in [-0.1, -0.05) is 51.4 Å². The number of nitrogens with one attached hydrogen (secondary N) is 2. The highest BCUT2D eigenvalue weighted by Crippen LogP contribution is 2.11. The fraction of sp³-hybridized carbons (Fsp3) is 0.867. The van der Waals surface area contributed by atoms with E-state index in [1.807, 2.05) is 4.72 Å². The van der Waals surface area contributed by atoms with Crippen LogP contribution in [-0.4, -0.2) is 38.3 Å². The number of aliphatic carboxylic acids is 1. The van der Waals surface area contributed by atoms with E-state index in [1.54, 1.807) is 0 Å². The number of carbonyl (C=O) groups excluding carboxylic acids is 1. The van der Waals surface area contributed by atoms with E-state index in [0.717, 1.165) is 57.6 Å². The van der Waals surface area contributed by atoms with E-state index in [2.05, 4.69) is 5.32 Å². The molecule has 23 heavy (non-hydrogen) atoms. The molecule has 0 fully saturated rings. The van der Waals surface area contributed by atoms with Gasteiger partial charge in [0.2, 0.25) is 10.0 Å². The van der Waals surface area contributed by atoms with Crippen LogP contribution in [0.3, 0.4) is 0 Å². The number of urea groups is 1. The Morgan fingerprint density at radius 1 is 0.870 bits per heavy atom. The maximum Gasteiger partial charge on any atom is 0.328 e. The van der Waals surface area contributed by atoms with E-state index in [1.165, 1.54) is 12.8 Å². The number of hydrogen-bond donors (Lipinski definition) is 3. The smallest absolute Gasteiger partial charge is 0.328 e. The second kappa shape index (κ2) is 13.2. The number of amides is 2. The predicted molar refractivity (Wildman–Crippen MR) is 94.0 cm³/mol. The third-order valence-corrected chi connectivity index (χ3v) is 3.94. The Bertz CT molecular complexity index is 447. The van der Waals surface area contributed by atoms with Gasteiger partial charge in [0.1, 0.15) is 0 Å². The number of carbonyl (C=O) groups is 2. The molecule has 0 aromatic carbocycles. The van der Waals surface area contributed by atoms with Crippen molar-refractivity contribution in [3.8, 4) is 0 Å². The lowest BCUT2D eigenvalue weighted by Crippen LogP contribution is -2.39. The standard InChI is InChI=1S/C15H30N2O5S.2H2/c1-23(21,22)17-15(20)16-13-11-9-7-5-3-2-4-6-8-10-12-14(18)19;;/h2-13H2,1H3,(H,18,19)(H2,16,17,20);2*1H. The van der Waals surface area contributed by atoms with Crippen LogP contribution in [0.4, 0.5) is 4.79 Å². The number of sulfonamides is 1. The van der Waals surface area contributed by atoms with Gasteiger partial charge in [-0.2, -0.15) is 0 Å². The normalized spacial score (nSPS) is 11.2. The minimum Gasteiger partial charge on any atom is -0.481 e. The summed E-state index contributed by atoms with van der Waals surface area (Å²) in [7, 11) is -3.48. The molecule has 0 aromatic heterocycles. The highest BCUT2D eigenvalue weighted by molar-refractivity contribution is 7.89. The van der Waals surface area contributed by atoms with E-state index in [9.17, 15) is 18.0 Å². The molecule has 0 bridgehead atoms. The number of unbranched alkanes of at least 4 members (excludes halogenated alkanes) is 9. The molecule has 0 saturated heterocycles. The molecule has 0 radical (unpaired) electrons. The molecular formula is C15H34N2O5S.